The van der Waals surface area contributed by atoms with Crippen molar-refractivity contribution in [2.24, 2.45) is 0 Å². The van der Waals surface area contributed by atoms with Gasteiger partial charge in [-0.05, 0) is 56.2 Å². The topological polar surface area (TPSA) is 36.9 Å². The van der Waals surface area contributed by atoms with Crippen molar-refractivity contribution in [3.63, 3.8) is 0 Å². The van der Waals surface area contributed by atoms with Gasteiger partial charge in [0.1, 0.15) is 0 Å². The van der Waals surface area contributed by atoms with Gasteiger partial charge in [-0.3, -0.25) is 14.6 Å². The molecule has 0 unspecified atom stereocenters. The first-order chi connectivity index (χ1) is 12.2. The monoisotopic (exact) mass is 350 g/mol. The third kappa shape index (κ3) is 3.30. The molecule has 1 aromatic heterocycles. The van der Waals surface area contributed by atoms with Crippen LogP contribution in [0.4, 0.5) is 0 Å². The first-order valence-electron chi connectivity index (χ1n) is 8.75. The van der Waals surface area contributed by atoms with Crippen molar-refractivity contribution >= 4 is 12.2 Å². The maximum absolute atomic E-state index is 5.50. The number of nitrogens with zero attached hydrogens (tertiary/aromatic N) is 3. The van der Waals surface area contributed by atoms with Crippen LogP contribution in [0, 0.1) is 11.7 Å². The SMILES string of the molecule is Cc1ccc(CN2CCC[C@H]2c2n[nH]c(=S)n2-c2ccccc2)cc1. The fraction of sp³-hybridized carbons (Fsp3) is 0.300. The van der Waals surface area contributed by atoms with Crippen LogP contribution < -0.4 is 0 Å². The van der Waals surface area contributed by atoms with Crippen molar-refractivity contribution in [1.29, 1.82) is 0 Å². The summed E-state index contributed by atoms with van der Waals surface area (Å²) in [7, 11) is 0. The van der Waals surface area contributed by atoms with Crippen molar-refractivity contribution in [2.45, 2.75) is 32.4 Å². The van der Waals surface area contributed by atoms with Crippen molar-refractivity contribution < 1.29 is 0 Å². The Hall–Kier alpha value is -2.24. The summed E-state index contributed by atoms with van der Waals surface area (Å²) in [5, 5.41) is 7.58. The minimum absolute atomic E-state index is 0.287. The van der Waals surface area contributed by atoms with Gasteiger partial charge in [-0.2, -0.15) is 5.10 Å². The number of aromatic amines is 1. The first kappa shape index (κ1) is 16.2. The van der Waals surface area contributed by atoms with E-state index in [0.717, 1.165) is 31.0 Å². The van der Waals surface area contributed by atoms with Crippen molar-refractivity contribution in [3.8, 4) is 5.69 Å². The Morgan fingerprint density at radius 3 is 2.64 bits per heavy atom. The molecule has 0 saturated carbocycles. The fourth-order valence-corrected chi connectivity index (χ4v) is 3.84. The highest BCUT2D eigenvalue weighted by atomic mass is 32.1. The number of rotatable bonds is 4. The summed E-state index contributed by atoms with van der Waals surface area (Å²) in [6, 6.07) is 19.3. The molecule has 4 rings (SSSR count). The number of nitrogens with one attached hydrogen (secondary N) is 1. The second-order valence-corrected chi connectivity index (χ2v) is 7.06. The molecule has 1 saturated heterocycles. The molecule has 3 aromatic rings. The molecule has 0 amide bonds. The minimum atomic E-state index is 0.287. The van der Waals surface area contributed by atoms with E-state index in [1.807, 2.05) is 18.2 Å². The summed E-state index contributed by atoms with van der Waals surface area (Å²) in [5.74, 6) is 1.01. The van der Waals surface area contributed by atoms with Crippen LogP contribution in [0.15, 0.2) is 54.6 Å². The normalized spacial score (nSPS) is 17.9. The average molecular weight is 350 g/mol. The second-order valence-electron chi connectivity index (χ2n) is 6.67. The standard InChI is InChI=1S/C20H22N4S/c1-15-9-11-16(12-10-15)14-23-13-5-8-18(23)19-21-22-20(25)24(19)17-6-3-2-4-7-17/h2-4,6-7,9-12,18H,5,8,13-14H2,1H3,(H,22,25)/t18-/m0/s1. The van der Waals surface area contributed by atoms with Gasteiger partial charge in [-0.15, -0.1) is 0 Å². The Morgan fingerprint density at radius 1 is 1.12 bits per heavy atom. The van der Waals surface area contributed by atoms with Gasteiger partial charge in [0.2, 0.25) is 0 Å². The van der Waals surface area contributed by atoms with Crippen molar-refractivity contribution in [1.82, 2.24) is 19.7 Å². The lowest BCUT2D eigenvalue weighted by Crippen LogP contribution is -2.25. The lowest BCUT2D eigenvalue weighted by atomic mass is 10.1. The molecular weight excluding hydrogens is 328 g/mol. The van der Waals surface area contributed by atoms with Gasteiger partial charge in [-0.1, -0.05) is 48.0 Å². The van der Waals surface area contributed by atoms with Gasteiger partial charge < -0.3 is 0 Å². The summed E-state index contributed by atoms with van der Waals surface area (Å²) in [5.41, 5.74) is 3.71. The molecule has 1 atom stereocenters. The largest absolute Gasteiger partial charge is 0.289 e. The maximum Gasteiger partial charge on any atom is 0.199 e. The zero-order chi connectivity index (χ0) is 17.2. The summed E-state index contributed by atoms with van der Waals surface area (Å²) in [6.07, 6.45) is 2.29. The van der Waals surface area contributed by atoms with Crippen LogP contribution in [0.2, 0.25) is 0 Å². The van der Waals surface area contributed by atoms with Gasteiger partial charge in [0.15, 0.2) is 10.6 Å². The van der Waals surface area contributed by atoms with E-state index in [9.17, 15) is 0 Å². The van der Waals surface area contributed by atoms with Gasteiger partial charge in [0, 0.05) is 12.2 Å². The highest BCUT2D eigenvalue weighted by molar-refractivity contribution is 7.71. The predicted octanol–water partition coefficient (Wildman–Crippen LogP) is 4.58. The van der Waals surface area contributed by atoms with Crippen LogP contribution in [0.25, 0.3) is 5.69 Å². The van der Waals surface area contributed by atoms with E-state index in [0.29, 0.717) is 4.77 Å². The zero-order valence-corrected chi connectivity index (χ0v) is 15.2. The second kappa shape index (κ2) is 6.94. The number of H-pyrrole nitrogens is 1. The smallest absolute Gasteiger partial charge is 0.199 e. The van der Waals surface area contributed by atoms with Crippen LogP contribution in [-0.4, -0.2) is 26.2 Å². The fourth-order valence-electron chi connectivity index (χ4n) is 3.60. The Labute approximate surface area is 153 Å². The van der Waals surface area contributed by atoms with Crippen LogP contribution in [0.5, 0.6) is 0 Å². The molecule has 0 radical (unpaired) electrons. The van der Waals surface area contributed by atoms with Crippen LogP contribution in [0.3, 0.4) is 0 Å². The number of aromatic nitrogens is 3. The summed E-state index contributed by atoms with van der Waals surface area (Å²) >= 11 is 5.50. The molecule has 2 heterocycles. The molecule has 0 aliphatic carbocycles. The molecule has 5 heteroatoms. The van der Waals surface area contributed by atoms with Crippen molar-refractivity contribution in [3.05, 3.63) is 76.3 Å². The van der Waals surface area contributed by atoms with E-state index in [4.69, 9.17) is 12.2 Å². The maximum atomic E-state index is 5.50. The molecular formula is C20H22N4S. The highest BCUT2D eigenvalue weighted by Gasteiger charge is 2.30. The predicted molar refractivity (Wildman–Crippen MR) is 102 cm³/mol. The van der Waals surface area contributed by atoms with Gasteiger partial charge in [0.05, 0.1) is 6.04 Å². The quantitative estimate of drug-likeness (QED) is 0.700. The summed E-state index contributed by atoms with van der Waals surface area (Å²) in [4.78, 5) is 2.51. The molecule has 4 nitrogen and oxygen atoms in total. The summed E-state index contributed by atoms with van der Waals surface area (Å²) in [6.45, 7) is 4.16. The van der Waals surface area contributed by atoms with Crippen LogP contribution in [-0.2, 0) is 6.54 Å². The molecule has 1 aliphatic rings. The van der Waals surface area contributed by atoms with Crippen LogP contribution >= 0.6 is 12.2 Å². The number of para-hydroxylation sites is 1. The first-order valence-corrected chi connectivity index (χ1v) is 9.15. The van der Waals surface area contributed by atoms with Gasteiger partial charge in [-0.25, -0.2) is 0 Å². The Kier molecular flexibility index (Phi) is 4.51. The van der Waals surface area contributed by atoms with Crippen LogP contribution in [0.1, 0.15) is 35.8 Å². The highest BCUT2D eigenvalue weighted by Crippen LogP contribution is 2.33. The molecule has 128 valence electrons. The molecule has 1 fully saturated rings. The van der Waals surface area contributed by atoms with Gasteiger partial charge in [0.25, 0.3) is 0 Å². The molecule has 1 N–H and O–H groups in total. The third-order valence-electron chi connectivity index (χ3n) is 4.88. The molecule has 0 bridgehead atoms. The van der Waals surface area contributed by atoms with Gasteiger partial charge >= 0.3 is 0 Å². The van der Waals surface area contributed by atoms with E-state index in [2.05, 4.69) is 63.0 Å². The summed E-state index contributed by atoms with van der Waals surface area (Å²) < 4.78 is 2.73. The lowest BCUT2D eigenvalue weighted by Gasteiger charge is -2.24. The Balaban J connectivity index is 1.65. The van der Waals surface area contributed by atoms with Crippen molar-refractivity contribution in [2.75, 3.05) is 6.54 Å². The van der Waals surface area contributed by atoms with E-state index in [-0.39, 0.29) is 6.04 Å². The molecule has 25 heavy (non-hydrogen) atoms. The van der Waals surface area contributed by atoms with E-state index in [1.54, 1.807) is 0 Å². The Morgan fingerprint density at radius 2 is 1.88 bits per heavy atom. The lowest BCUT2D eigenvalue weighted by molar-refractivity contribution is 0.237. The minimum Gasteiger partial charge on any atom is -0.289 e. The average Bonchev–Trinajstić information content (AvgIpc) is 3.24. The molecule has 2 aromatic carbocycles. The number of likely N-dealkylation sites (tertiary alicyclic amines) is 1. The number of aryl methyl sites for hydroxylation is 1. The van der Waals surface area contributed by atoms with E-state index >= 15 is 0 Å². The number of hydrogen-bond donors (Lipinski definition) is 1. The molecule has 0 spiro atoms. The van der Waals surface area contributed by atoms with E-state index < -0.39 is 0 Å². The number of hydrogen-bond acceptors (Lipinski definition) is 3. The Bertz CT molecular complexity index is 895. The molecule has 1 aliphatic heterocycles. The van der Waals surface area contributed by atoms with E-state index in [1.165, 1.54) is 17.5 Å². The zero-order valence-electron chi connectivity index (χ0n) is 14.4. The number of benzene rings is 2. The third-order valence-corrected chi connectivity index (χ3v) is 5.15.